The molecule has 1 aliphatic heterocycles. The normalized spacial score (nSPS) is 23.9. The second-order valence-electron chi connectivity index (χ2n) is 1.39. The summed E-state index contributed by atoms with van der Waals surface area (Å²) in [5, 5.41) is 6.03. The molecule has 0 aromatic carbocycles. The lowest BCUT2D eigenvalue weighted by Crippen LogP contribution is -2.15. The van der Waals surface area contributed by atoms with Crippen molar-refractivity contribution in [3.63, 3.8) is 0 Å². The van der Waals surface area contributed by atoms with Gasteiger partial charge in [0.2, 0.25) is 0 Å². The molecule has 0 amide bonds. The van der Waals surface area contributed by atoms with Crippen LogP contribution in [0.3, 0.4) is 0 Å². The average molecular weight is 152 g/mol. The summed E-state index contributed by atoms with van der Waals surface area (Å²) >= 11 is 0.957. The zero-order valence-corrected chi connectivity index (χ0v) is 5.72. The maximum atomic E-state index is 5.24. The second kappa shape index (κ2) is 3.17. The third kappa shape index (κ3) is 1.54. The van der Waals surface area contributed by atoms with Crippen LogP contribution in [0.5, 0.6) is 0 Å². The Kier molecular flexibility index (Phi) is 2.45. The average Bonchev–Trinajstić information content (AvgIpc) is 2.19. The van der Waals surface area contributed by atoms with Crippen molar-refractivity contribution in [2.24, 2.45) is 4.40 Å². The van der Waals surface area contributed by atoms with Gasteiger partial charge in [0.15, 0.2) is 0 Å². The van der Waals surface area contributed by atoms with Crippen LogP contribution < -0.4 is 10.6 Å². The number of hydrogen-bond donors (Lipinski definition) is 2. The summed E-state index contributed by atoms with van der Waals surface area (Å²) in [7, 11) is 5.24. The number of halogens is 1. The molecule has 8 heavy (non-hydrogen) atoms. The number of rotatable bonds is 1. The van der Waals surface area contributed by atoms with E-state index in [4.69, 9.17) is 10.7 Å². The van der Waals surface area contributed by atoms with Crippen LogP contribution in [0.1, 0.15) is 0 Å². The molecular weight excluding hydrogens is 146 g/mol. The Bertz CT molecular complexity index is 96.7. The minimum absolute atomic E-state index is 0.802. The molecule has 0 aliphatic carbocycles. The van der Waals surface area contributed by atoms with Gasteiger partial charge in [-0.3, -0.25) is 5.32 Å². The van der Waals surface area contributed by atoms with E-state index in [0.717, 1.165) is 30.2 Å². The third-order valence-electron chi connectivity index (χ3n) is 0.855. The molecule has 1 heterocycles. The van der Waals surface area contributed by atoms with Gasteiger partial charge in [0.05, 0.1) is 24.4 Å². The van der Waals surface area contributed by atoms with Crippen LogP contribution in [0.2, 0.25) is 0 Å². The Morgan fingerprint density at radius 3 is 3.12 bits per heavy atom. The fourth-order valence-corrected chi connectivity index (χ4v) is 0.976. The second-order valence-corrected chi connectivity index (χ2v) is 2.12. The Balaban J connectivity index is 2.33. The van der Waals surface area contributed by atoms with Gasteiger partial charge < -0.3 is 5.32 Å². The van der Waals surface area contributed by atoms with Crippen LogP contribution in [0, 0.1) is 0 Å². The molecule has 0 aromatic heterocycles. The lowest BCUT2D eigenvalue weighted by atomic mass is 10.6. The van der Waals surface area contributed by atoms with E-state index in [1.807, 2.05) is 0 Å². The highest BCUT2D eigenvalue weighted by Crippen LogP contribution is 2.06. The van der Waals surface area contributed by atoms with Gasteiger partial charge in [-0.05, 0) is 10.7 Å². The number of nitrogens with zero attached hydrogens (tertiary/aromatic N) is 1. The van der Waals surface area contributed by atoms with Crippen molar-refractivity contribution in [3.05, 3.63) is 0 Å². The van der Waals surface area contributed by atoms with Crippen molar-refractivity contribution in [2.75, 3.05) is 13.2 Å². The molecule has 0 atom stereocenters. The zero-order valence-electron chi connectivity index (χ0n) is 4.15. The van der Waals surface area contributed by atoms with E-state index < -0.39 is 0 Å². The molecule has 2 N–H and O–H groups in total. The van der Waals surface area contributed by atoms with E-state index in [2.05, 4.69) is 15.0 Å². The molecule has 3 nitrogen and oxygen atoms in total. The summed E-state index contributed by atoms with van der Waals surface area (Å²) in [6.07, 6.45) is 0. The molecule has 0 saturated carbocycles. The Labute approximate surface area is 56.5 Å². The maximum absolute atomic E-state index is 5.24. The zero-order chi connectivity index (χ0) is 5.82. The number of hydrogen-bond acceptors (Lipinski definition) is 3. The molecular formula is C3H6ClN3S. The molecule has 1 aliphatic rings. The standard InChI is InChI=1S/C3H6ClN3S/c4-8-7-3-1-5-2-6-3/h5H,1-2H2,(H,6,7). The lowest BCUT2D eigenvalue weighted by molar-refractivity contribution is 0.818. The van der Waals surface area contributed by atoms with Gasteiger partial charge in [-0.1, -0.05) is 0 Å². The summed E-state index contributed by atoms with van der Waals surface area (Å²) < 4.78 is 3.85. The van der Waals surface area contributed by atoms with Crippen LogP contribution in [-0.4, -0.2) is 19.0 Å². The highest BCUT2D eigenvalue weighted by atomic mass is 35.7. The minimum Gasteiger partial charge on any atom is -0.359 e. The van der Waals surface area contributed by atoms with Gasteiger partial charge in [-0.25, -0.2) is 0 Å². The van der Waals surface area contributed by atoms with Crippen molar-refractivity contribution >= 4 is 27.7 Å². The summed E-state index contributed by atoms with van der Waals surface area (Å²) in [5.74, 6) is 0.921. The van der Waals surface area contributed by atoms with E-state index in [9.17, 15) is 0 Å². The predicted octanol–water partition coefficient (Wildman–Crippen LogP) is 0.337. The predicted molar refractivity (Wildman–Crippen MR) is 36.9 cm³/mol. The molecule has 1 rings (SSSR count). The van der Waals surface area contributed by atoms with Crippen LogP contribution in [-0.2, 0) is 0 Å². The van der Waals surface area contributed by atoms with Crippen LogP contribution >= 0.6 is 21.8 Å². The molecule has 0 bridgehead atoms. The molecule has 0 unspecified atom stereocenters. The highest BCUT2D eigenvalue weighted by molar-refractivity contribution is 8.20. The Morgan fingerprint density at radius 2 is 2.62 bits per heavy atom. The molecule has 0 radical (unpaired) electrons. The summed E-state index contributed by atoms with van der Waals surface area (Å²) in [6.45, 7) is 1.61. The molecule has 0 spiro atoms. The van der Waals surface area contributed by atoms with Crippen LogP contribution in [0.25, 0.3) is 0 Å². The lowest BCUT2D eigenvalue weighted by Gasteiger charge is -1.88. The minimum atomic E-state index is 0.802. The van der Waals surface area contributed by atoms with Crippen molar-refractivity contribution in [3.8, 4) is 0 Å². The fourth-order valence-electron chi connectivity index (χ4n) is 0.514. The summed E-state index contributed by atoms with van der Waals surface area (Å²) in [6, 6.07) is 0. The molecule has 0 aromatic rings. The quantitative estimate of drug-likeness (QED) is 0.531. The third-order valence-corrected chi connectivity index (χ3v) is 1.35. The molecule has 1 fully saturated rings. The van der Waals surface area contributed by atoms with E-state index in [1.165, 1.54) is 0 Å². The monoisotopic (exact) mass is 151 g/mol. The Morgan fingerprint density at radius 1 is 1.75 bits per heavy atom. The van der Waals surface area contributed by atoms with Crippen molar-refractivity contribution in [1.82, 2.24) is 10.6 Å². The maximum Gasteiger partial charge on any atom is 0.126 e. The first-order chi connectivity index (χ1) is 3.93. The van der Waals surface area contributed by atoms with Gasteiger partial charge >= 0.3 is 0 Å². The highest BCUT2D eigenvalue weighted by Gasteiger charge is 2.03. The SMILES string of the molecule is ClSN=C1CNCN1. The van der Waals surface area contributed by atoms with Gasteiger partial charge in [0.25, 0.3) is 0 Å². The van der Waals surface area contributed by atoms with Gasteiger partial charge in [0.1, 0.15) is 5.84 Å². The van der Waals surface area contributed by atoms with Crippen molar-refractivity contribution < 1.29 is 0 Å². The van der Waals surface area contributed by atoms with Gasteiger partial charge in [-0.2, -0.15) is 4.40 Å². The number of amidine groups is 1. The van der Waals surface area contributed by atoms with Crippen molar-refractivity contribution in [2.45, 2.75) is 0 Å². The molecule has 46 valence electrons. The van der Waals surface area contributed by atoms with Gasteiger partial charge in [-0.15, -0.1) is 0 Å². The molecule has 1 saturated heterocycles. The number of nitrogens with one attached hydrogen (secondary N) is 2. The molecule has 5 heteroatoms. The largest absolute Gasteiger partial charge is 0.359 e. The van der Waals surface area contributed by atoms with E-state index >= 15 is 0 Å². The first-order valence-electron chi connectivity index (χ1n) is 2.22. The van der Waals surface area contributed by atoms with Gasteiger partial charge in [0, 0.05) is 0 Å². The topological polar surface area (TPSA) is 36.4 Å². The van der Waals surface area contributed by atoms with Crippen LogP contribution in [0.4, 0.5) is 0 Å². The summed E-state index contributed by atoms with van der Waals surface area (Å²) in [5.41, 5.74) is 0. The van der Waals surface area contributed by atoms with Crippen LogP contribution in [0.15, 0.2) is 4.40 Å². The van der Waals surface area contributed by atoms with E-state index in [0.29, 0.717) is 0 Å². The Hall–Kier alpha value is 0.0700. The van der Waals surface area contributed by atoms with E-state index in [1.54, 1.807) is 0 Å². The first kappa shape index (κ1) is 6.19. The fraction of sp³-hybridized carbons (Fsp3) is 0.667. The smallest absolute Gasteiger partial charge is 0.126 e. The summed E-state index contributed by atoms with van der Waals surface area (Å²) in [4.78, 5) is 0. The first-order valence-corrected chi connectivity index (χ1v) is 3.82. The van der Waals surface area contributed by atoms with E-state index in [-0.39, 0.29) is 0 Å². The van der Waals surface area contributed by atoms with Crippen molar-refractivity contribution in [1.29, 1.82) is 0 Å².